The molecule has 0 aromatic carbocycles. The van der Waals surface area contributed by atoms with Crippen LogP contribution in [0.4, 0.5) is 5.69 Å². The molecule has 0 saturated heterocycles. The van der Waals surface area contributed by atoms with Crippen LogP contribution in [0.5, 0.6) is 0 Å². The van der Waals surface area contributed by atoms with Crippen molar-refractivity contribution in [2.45, 2.75) is 25.8 Å². The summed E-state index contributed by atoms with van der Waals surface area (Å²) in [5.41, 5.74) is 0.968. The minimum Gasteiger partial charge on any atom is -0.378 e. The van der Waals surface area contributed by atoms with Gasteiger partial charge in [0.15, 0.2) is 0 Å². The first kappa shape index (κ1) is 11.8. The Morgan fingerprint density at radius 3 is 2.86 bits per heavy atom. The Morgan fingerprint density at radius 2 is 2.36 bits per heavy atom. The van der Waals surface area contributed by atoms with E-state index < -0.39 is 0 Å². The average molecular weight is 278 g/mol. The van der Waals surface area contributed by atoms with Crippen molar-refractivity contribution in [3.63, 3.8) is 0 Å². The molecule has 0 saturated carbocycles. The van der Waals surface area contributed by atoms with E-state index in [2.05, 4.69) is 40.1 Å². The summed E-state index contributed by atoms with van der Waals surface area (Å²) in [5.74, 6) is 0.582. The topological polar surface area (TPSA) is 24.9 Å². The Kier molecular flexibility index (Phi) is 4.20. The van der Waals surface area contributed by atoms with Crippen LogP contribution in [0.25, 0.3) is 0 Å². The molecule has 4 heteroatoms. The monoisotopic (exact) mass is 276 g/mol. The van der Waals surface area contributed by atoms with Crippen LogP contribution in [-0.2, 0) is 0 Å². The summed E-state index contributed by atoms with van der Waals surface area (Å²) in [7, 11) is 0. The lowest BCUT2D eigenvalue weighted by Gasteiger charge is -2.28. The van der Waals surface area contributed by atoms with Gasteiger partial charge in [-0.25, -0.2) is 0 Å². The van der Waals surface area contributed by atoms with Crippen LogP contribution in [0, 0.1) is 0 Å². The van der Waals surface area contributed by atoms with Crippen molar-refractivity contribution in [2.75, 3.05) is 11.2 Å². The van der Waals surface area contributed by atoms with Gasteiger partial charge in [0.2, 0.25) is 0 Å². The number of hydrogen-bond donors (Lipinski definition) is 1. The molecule has 0 amide bonds. The van der Waals surface area contributed by atoms with E-state index in [1.165, 1.54) is 0 Å². The summed E-state index contributed by atoms with van der Waals surface area (Å²) < 4.78 is 0.963. The van der Waals surface area contributed by atoms with Crippen LogP contribution in [0.15, 0.2) is 22.9 Å². The van der Waals surface area contributed by atoms with E-state index in [0.717, 1.165) is 16.6 Å². The third-order valence-corrected chi connectivity index (χ3v) is 3.51. The zero-order valence-electron chi connectivity index (χ0n) is 8.35. The Morgan fingerprint density at radius 1 is 1.64 bits per heavy atom. The third kappa shape index (κ3) is 2.85. The summed E-state index contributed by atoms with van der Waals surface area (Å²) in [4.78, 5) is 4.01. The maximum absolute atomic E-state index is 5.92. The molecular weight excluding hydrogens is 263 g/mol. The number of nitrogens with zero attached hydrogens (tertiary/aromatic N) is 1. The zero-order chi connectivity index (χ0) is 10.6. The number of pyridine rings is 1. The second-order valence-corrected chi connectivity index (χ2v) is 4.65. The van der Waals surface area contributed by atoms with Crippen molar-refractivity contribution in [3.8, 4) is 0 Å². The van der Waals surface area contributed by atoms with E-state index in [9.17, 15) is 0 Å². The number of rotatable bonds is 4. The first-order chi connectivity index (χ1) is 6.61. The van der Waals surface area contributed by atoms with Crippen molar-refractivity contribution in [1.82, 2.24) is 4.98 Å². The Hall–Kier alpha value is -0.280. The summed E-state index contributed by atoms with van der Waals surface area (Å²) in [6.45, 7) is 4.22. The summed E-state index contributed by atoms with van der Waals surface area (Å²) in [5, 5.41) is 3.40. The van der Waals surface area contributed by atoms with Crippen LogP contribution < -0.4 is 5.32 Å². The Balaban J connectivity index is 2.82. The minimum atomic E-state index is -0.0641. The highest BCUT2D eigenvalue weighted by molar-refractivity contribution is 9.10. The fraction of sp³-hybridized carbons (Fsp3) is 0.500. The lowest BCUT2D eigenvalue weighted by Crippen LogP contribution is -2.36. The fourth-order valence-electron chi connectivity index (χ4n) is 1.02. The van der Waals surface area contributed by atoms with Crippen LogP contribution in [0.1, 0.15) is 20.3 Å². The first-order valence-corrected chi connectivity index (χ1v) is 5.88. The molecule has 1 heterocycles. The van der Waals surface area contributed by atoms with Crippen molar-refractivity contribution < 1.29 is 0 Å². The lowest BCUT2D eigenvalue weighted by molar-refractivity contribution is 0.553. The largest absolute Gasteiger partial charge is 0.378 e. The van der Waals surface area contributed by atoms with Gasteiger partial charge in [-0.1, -0.05) is 6.92 Å². The Labute approximate surface area is 98.2 Å². The molecule has 0 aliphatic heterocycles. The lowest BCUT2D eigenvalue weighted by atomic mass is 10.0. The van der Waals surface area contributed by atoms with Gasteiger partial charge in [0, 0.05) is 23.8 Å². The van der Waals surface area contributed by atoms with Crippen LogP contribution in [-0.4, -0.2) is 16.4 Å². The molecule has 0 aliphatic rings. The molecule has 1 rings (SSSR count). The maximum atomic E-state index is 5.92. The smallest absolute Gasteiger partial charge is 0.0590 e. The molecule has 1 N–H and O–H groups in total. The van der Waals surface area contributed by atoms with Gasteiger partial charge < -0.3 is 5.32 Å². The molecule has 0 spiro atoms. The minimum absolute atomic E-state index is 0.0641. The van der Waals surface area contributed by atoms with Crippen molar-refractivity contribution in [3.05, 3.63) is 22.9 Å². The van der Waals surface area contributed by atoms with Crippen molar-refractivity contribution in [1.29, 1.82) is 0 Å². The molecule has 0 bridgehead atoms. The third-order valence-electron chi connectivity index (χ3n) is 2.28. The highest BCUT2D eigenvalue weighted by Crippen LogP contribution is 2.25. The quantitative estimate of drug-likeness (QED) is 0.850. The van der Waals surface area contributed by atoms with Crippen LogP contribution in [0.2, 0.25) is 0 Å². The van der Waals surface area contributed by atoms with Crippen molar-refractivity contribution >= 4 is 33.2 Å². The van der Waals surface area contributed by atoms with E-state index in [-0.39, 0.29) is 5.54 Å². The van der Waals surface area contributed by atoms with E-state index in [0.29, 0.717) is 5.88 Å². The molecule has 1 aromatic heterocycles. The van der Waals surface area contributed by atoms with Crippen molar-refractivity contribution in [2.24, 2.45) is 0 Å². The van der Waals surface area contributed by atoms with Gasteiger partial charge in [0.05, 0.1) is 10.2 Å². The standard InChI is InChI=1S/C10H14BrClN2/c1-3-10(2,7-12)14-9-4-5-13-6-8(9)11/h4-6H,3,7H2,1-2H3,(H,13,14). The molecule has 2 nitrogen and oxygen atoms in total. The molecule has 1 atom stereocenters. The predicted molar refractivity (Wildman–Crippen MR) is 65.0 cm³/mol. The summed E-state index contributed by atoms with van der Waals surface area (Å²) in [6.07, 6.45) is 4.51. The molecule has 78 valence electrons. The van der Waals surface area contributed by atoms with Gasteiger partial charge in [0.1, 0.15) is 0 Å². The number of alkyl halides is 1. The zero-order valence-corrected chi connectivity index (χ0v) is 10.7. The van der Waals surface area contributed by atoms with E-state index in [1.807, 2.05) is 6.07 Å². The van der Waals surface area contributed by atoms with Gasteiger partial charge in [0.25, 0.3) is 0 Å². The van der Waals surface area contributed by atoms with E-state index >= 15 is 0 Å². The normalized spacial score (nSPS) is 14.9. The number of hydrogen-bond acceptors (Lipinski definition) is 2. The van der Waals surface area contributed by atoms with Gasteiger partial charge in [-0.3, -0.25) is 4.98 Å². The van der Waals surface area contributed by atoms with Gasteiger partial charge >= 0.3 is 0 Å². The fourth-order valence-corrected chi connectivity index (χ4v) is 1.62. The molecule has 14 heavy (non-hydrogen) atoms. The van der Waals surface area contributed by atoms with Gasteiger partial charge in [-0.2, -0.15) is 0 Å². The second kappa shape index (κ2) is 4.99. The molecule has 1 aromatic rings. The second-order valence-electron chi connectivity index (χ2n) is 3.53. The molecule has 0 aliphatic carbocycles. The molecule has 0 fully saturated rings. The average Bonchev–Trinajstić information content (AvgIpc) is 2.21. The predicted octanol–water partition coefficient (Wildman–Crippen LogP) is 3.66. The highest BCUT2D eigenvalue weighted by atomic mass is 79.9. The summed E-state index contributed by atoms with van der Waals surface area (Å²) >= 11 is 9.36. The number of aromatic nitrogens is 1. The SMILES string of the molecule is CCC(C)(CCl)Nc1ccncc1Br. The first-order valence-electron chi connectivity index (χ1n) is 4.55. The van der Waals surface area contributed by atoms with Crippen LogP contribution in [0.3, 0.4) is 0 Å². The summed E-state index contributed by atoms with van der Waals surface area (Å²) in [6, 6.07) is 1.94. The molecular formula is C10H14BrClN2. The maximum Gasteiger partial charge on any atom is 0.0590 e. The van der Waals surface area contributed by atoms with Gasteiger partial charge in [-0.15, -0.1) is 11.6 Å². The van der Waals surface area contributed by atoms with Gasteiger partial charge in [-0.05, 0) is 35.3 Å². The molecule has 1 unspecified atom stereocenters. The van der Waals surface area contributed by atoms with E-state index in [4.69, 9.17) is 11.6 Å². The number of halogens is 2. The Bertz CT molecular complexity index is 300. The number of nitrogens with one attached hydrogen (secondary N) is 1. The highest BCUT2D eigenvalue weighted by Gasteiger charge is 2.20. The van der Waals surface area contributed by atoms with Crippen LogP contribution >= 0.6 is 27.5 Å². The van der Waals surface area contributed by atoms with E-state index in [1.54, 1.807) is 12.4 Å². The number of anilines is 1. The molecule has 0 radical (unpaired) electrons.